The average molecular weight is 407 g/mol. The molecule has 9 heteroatoms. The van der Waals surface area contributed by atoms with Gasteiger partial charge in [0, 0.05) is 18.2 Å². The van der Waals surface area contributed by atoms with Crippen molar-refractivity contribution >= 4 is 5.91 Å². The van der Waals surface area contributed by atoms with Crippen molar-refractivity contribution in [3.05, 3.63) is 63.7 Å². The van der Waals surface area contributed by atoms with Crippen molar-refractivity contribution in [3.8, 4) is 17.3 Å². The van der Waals surface area contributed by atoms with Gasteiger partial charge in [0.25, 0.3) is 11.5 Å². The van der Waals surface area contributed by atoms with Crippen molar-refractivity contribution < 1.29 is 14.3 Å². The summed E-state index contributed by atoms with van der Waals surface area (Å²) in [6, 6.07) is 8.70. The average Bonchev–Trinajstić information content (AvgIpc) is 3.40. The van der Waals surface area contributed by atoms with E-state index >= 15 is 0 Å². The number of nitrogens with one attached hydrogen (secondary N) is 1. The van der Waals surface area contributed by atoms with Crippen LogP contribution in [0.1, 0.15) is 40.5 Å². The van der Waals surface area contributed by atoms with Gasteiger partial charge in [-0.2, -0.15) is 10.2 Å². The van der Waals surface area contributed by atoms with Crippen molar-refractivity contribution in [1.82, 2.24) is 24.9 Å². The Bertz CT molecular complexity index is 1150. The Morgan fingerprint density at radius 1 is 1.20 bits per heavy atom. The van der Waals surface area contributed by atoms with Crippen molar-refractivity contribution in [3.63, 3.8) is 0 Å². The number of nitrogens with zero attached hydrogens (tertiary/aromatic N) is 4. The lowest BCUT2D eigenvalue weighted by Crippen LogP contribution is -2.31. The molecule has 1 N–H and O–H groups in total. The molecule has 1 saturated heterocycles. The number of carbonyl (C=O) groups excluding carboxylic acids is 1. The molecule has 0 spiro atoms. The maximum Gasteiger partial charge on any atom is 0.264 e. The number of ether oxygens (including phenoxy) is 2. The van der Waals surface area contributed by atoms with Gasteiger partial charge in [-0.25, -0.2) is 9.78 Å². The van der Waals surface area contributed by atoms with Gasteiger partial charge in [-0.3, -0.25) is 9.59 Å². The van der Waals surface area contributed by atoms with E-state index in [0.717, 1.165) is 29.9 Å². The molecule has 1 unspecified atom stereocenters. The van der Waals surface area contributed by atoms with E-state index in [2.05, 4.69) is 15.3 Å². The van der Waals surface area contributed by atoms with Gasteiger partial charge in [-0.1, -0.05) is 12.1 Å². The molecule has 1 amide bonds. The van der Waals surface area contributed by atoms with Crippen LogP contribution in [-0.4, -0.2) is 50.5 Å². The normalized spacial score (nSPS) is 17.9. The second kappa shape index (κ2) is 7.33. The number of benzene rings is 1. The van der Waals surface area contributed by atoms with Gasteiger partial charge in [0.2, 0.25) is 0 Å². The first-order valence-corrected chi connectivity index (χ1v) is 9.93. The predicted molar refractivity (Wildman–Crippen MR) is 107 cm³/mol. The number of amides is 1. The van der Waals surface area contributed by atoms with Crippen LogP contribution in [0, 0.1) is 6.92 Å². The van der Waals surface area contributed by atoms with Crippen LogP contribution in [0.5, 0.6) is 11.5 Å². The largest absolute Gasteiger partial charge is 0.486 e. The Morgan fingerprint density at radius 3 is 2.90 bits per heavy atom. The number of carbonyl (C=O) groups is 1. The van der Waals surface area contributed by atoms with Crippen LogP contribution in [-0.2, 0) is 0 Å². The molecule has 2 aliphatic rings. The third kappa shape index (κ3) is 3.02. The molecule has 154 valence electrons. The monoisotopic (exact) mass is 407 g/mol. The summed E-state index contributed by atoms with van der Waals surface area (Å²) in [5.74, 6) is 1.83. The summed E-state index contributed by atoms with van der Waals surface area (Å²) in [5, 5.41) is 10.7. The molecule has 2 aliphatic heterocycles. The zero-order chi connectivity index (χ0) is 20.7. The molecule has 1 atom stereocenters. The minimum absolute atomic E-state index is 0.0805. The Hall–Kier alpha value is -3.62. The third-order valence-corrected chi connectivity index (χ3v) is 5.59. The fourth-order valence-corrected chi connectivity index (χ4v) is 4.15. The number of fused-ring (bicyclic) bond motifs is 1. The van der Waals surface area contributed by atoms with Crippen molar-refractivity contribution in [2.75, 3.05) is 19.8 Å². The lowest BCUT2D eigenvalue weighted by Gasteiger charge is -2.29. The number of aromatic nitrogens is 4. The van der Waals surface area contributed by atoms with Gasteiger partial charge < -0.3 is 14.4 Å². The summed E-state index contributed by atoms with van der Waals surface area (Å²) >= 11 is 0. The Morgan fingerprint density at radius 2 is 2.07 bits per heavy atom. The predicted octanol–water partition coefficient (Wildman–Crippen LogP) is 2.01. The van der Waals surface area contributed by atoms with E-state index < -0.39 is 0 Å². The highest BCUT2D eigenvalue weighted by Gasteiger charge is 2.35. The smallest absolute Gasteiger partial charge is 0.264 e. The fraction of sp³-hybridized carbons (Fsp3) is 0.333. The van der Waals surface area contributed by atoms with Gasteiger partial charge in [-0.15, -0.1) is 0 Å². The Balaban J connectivity index is 1.47. The van der Waals surface area contributed by atoms with Crippen LogP contribution < -0.4 is 15.0 Å². The summed E-state index contributed by atoms with van der Waals surface area (Å²) in [4.78, 5) is 26.6. The minimum Gasteiger partial charge on any atom is -0.486 e. The maximum absolute atomic E-state index is 13.4. The lowest BCUT2D eigenvalue weighted by molar-refractivity contribution is 0.0730. The minimum atomic E-state index is -0.294. The zero-order valence-electron chi connectivity index (χ0n) is 16.5. The van der Waals surface area contributed by atoms with E-state index in [4.69, 9.17) is 9.47 Å². The van der Waals surface area contributed by atoms with Crippen LogP contribution in [0.2, 0.25) is 0 Å². The molecule has 0 bridgehead atoms. The molecule has 0 aliphatic carbocycles. The van der Waals surface area contributed by atoms with Gasteiger partial charge in [0.1, 0.15) is 13.2 Å². The summed E-state index contributed by atoms with van der Waals surface area (Å²) in [7, 11) is 0. The highest BCUT2D eigenvalue weighted by atomic mass is 16.6. The zero-order valence-corrected chi connectivity index (χ0v) is 16.5. The molecule has 3 aromatic rings. The van der Waals surface area contributed by atoms with Crippen molar-refractivity contribution in [2.45, 2.75) is 25.8 Å². The van der Waals surface area contributed by atoms with E-state index in [1.165, 1.54) is 6.07 Å². The van der Waals surface area contributed by atoms with E-state index in [-0.39, 0.29) is 17.5 Å². The summed E-state index contributed by atoms with van der Waals surface area (Å²) in [6.07, 6.45) is 3.33. The summed E-state index contributed by atoms with van der Waals surface area (Å²) in [6.45, 7) is 3.51. The van der Waals surface area contributed by atoms with Gasteiger partial charge in [0.15, 0.2) is 17.3 Å². The maximum atomic E-state index is 13.4. The quantitative estimate of drug-likeness (QED) is 0.713. The van der Waals surface area contributed by atoms with Crippen LogP contribution in [0.4, 0.5) is 0 Å². The molecular weight excluding hydrogens is 386 g/mol. The molecule has 1 aromatic carbocycles. The number of para-hydroxylation sites is 1. The molecule has 2 aromatic heterocycles. The molecule has 4 heterocycles. The van der Waals surface area contributed by atoms with Crippen molar-refractivity contribution in [1.29, 1.82) is 0 Å². The molecule has 0 radical (unpaired) electrons. The number of hydrogen-bond donors (Lipinski definition) is 1. The second-order valence-electron chi connectivity index (χ2n) is 7.36. The van der Waals surface area contributed by atoms with Crippen LogP contribution in [0.15, 0.2) is 41.3 Å². The Kier molecular flexibility index (Phi) is 4.50. The highest BCUT2D eigenvalue weighted by molar-refractivity contribution is 5.95. The molecule has 5 rings (SSSR count). The SMILES string of the molecule is Cc1c(C(=O)N2CCCC2c2cccc3c2OCCO3)cnn1-c1ccc(=O)[nH]n1. The Labute approximate surface area is 172 Å². The van der Waals surface area contributed by atoms with E-state index in [1.54, 1.807) is 16.9 Å². The number of hydrogen-bond acceptors (Lipinski definition) is 6. The summed E-state index contributed by atoms with van der Waals surface area (Å²) < 4.78 is 13.1. The first-order chi connectivity index (χ1) is 14.6. The van der Waals surface area contributed by atoms with E-state index in [9.17, 15) is 9.59 Å². The molecule has 9 nitrogen and oxygen atoms in total. The summed E-state index contributed by atoms with van der Waals surface area (Å²) in [5.41, 5.74) is 1.86. The molecule has 1 fully saturated rings. The van der Waals surface area contributed by atoms with Crippen LogP contribution >= 0.6 is 0 Å². The van der Waals surface area contributed by atoms with Gasteiger partial charge >= 0.3 is 0 Å². The van der Waals surface area contributed by atoms with Gasteiger partial charge in [-0.05, 0) is 31.9 Å². The van der Waals surface area contributed by atoms with Crippen molar-refractivity contribution in [2.24, 2.45) is 0 Å². The molecular formula is C21H21N5O4. The number of rotatable bonds is 3. The van der Waals surface area contributed by atoms with Crippen LogP contribution in [0.25, 0.3) is 5.82 Å². The first-order valence-electron chi connectivity index (χ1n) is 9.93. The highest BCUT2D eigenvalue weighted by Crippen LogP contribution is 2.43. The molecule has 0 saturated carbocycles. The van der Waals surface area contributed by atoms with E-state index in [0.29, 0.717) is 36.8 Å². The topological polar surface area (TPSA) is 102 Å². The number of H-pyrrole nitrogens is 1. The first kappa shape index (κ1) is 18.4. The fourth-order valence-electron chi connectivity index (χ4n) is 4.15. The second-order valence-corrected chi connectivity index (χ2v) is 7.36. The van der Waals surface area contributed by atoms with E-state index in [1.807, 2.05) is 30.0 Å². The number of likely N-dealkylation sites (tertiary alicyclic amines) is 1. The number of aromatic amines is 1. The molecule has 30 heavy (non-hydrogen) atoms. The van der Waals surface area contributed by atoms with Crippen LogP contribution in [0.3, 0.4) is 0 Å². The lowest BCUT2D eigenvalue weighted by atomic mass is 10.0. The van der Waals surface area contributed by atoms with Gasteiger partial charge in [0.05, 0.1) is 23.5 Å². The third-order valence-electron chi connectivity index (χ3n) is 5.59. The standard InChI is InChI=1S/C21H21N5O4/c1-13-15(12-22-26(13)18-7-8-19(27)24-23-18)21(28)25-9-3-5-16(25)14-4-2-6-17-20(14)30-11-10-29-17/h2,4,6-8,12,16H,3,5,9-11H2,1H3,(H,24,27).